The van der Waals surface area contributed by atoms with Crippen molar-refractivity contribution in [2.75, 3.05) is 5.88 Å². The predicted octanol–water partition coefficient (Wildman–Crippen LogP) is 7.42. The first-order chi connectivity index (χ1) is 17.6. The van der Waals surface area contributed by atoms with Crippen molar-refractivity contribution in [2.45, 2.75) is 125 Å². The average molecular weight is 544 g/mol. The van der Waals surface area contributed by atoms with E-state index in [4.69, 9.17) is 11.6 Å². The molecule has 5 rings (SSSR count). The second-order valence-electron chi connectivity index (χ2n) is 15.8. The number of carbonyl (C=O) groups excluding carboxylic acids is 3. The summed E-state index contributed by atoms with van der Waals surface area (Å²) in [4.78, 5) is 40.5. The Kier molecular flexibility index (Phi) is 6.66. The average Bonchev–Trinajstić information content (AvgIpc) is 2.82. The third kappa shape index (κ3) is 3.85. The Morgan fingerprint density at radius 1 is 0.974 bits per heavy atom. The molecule has 4 fully saturated rings. The summed E-state index contributed by atoms with van der Waals surface area (Å²) in [7, 11) is 0. The van der Waals surface area contributed by atoms with Crippen LogP contribution in [0, 0.1) is 44.8 Å². The van der Waals surface area contributed by atoms with Gasteiger partial charge in [-0.1, -0.05) is 54.0 Å². The molecule has 0 spiro atoms. The summed E-state index contributed by atoms with van der Waals surface area (Å²) in [6.45, 7) is 16.2. The van der Waals surface area contributed by atoms with Gasteiger partial charge in [0.05, 0.1) is 0 Å². The van der Waals surface area contributed by atoms with E-state index >= 15 is 0 Å². The second kappa shape index (κ2) is 8.92. The molecule has 0 bridgehead atoms. The first-order valence-electron chi connectivity index (χ1n) is 15.2. The van der Waals surface area contributed by atoms with Crippen LogP contribution < -0.4 is 5.32 Å². The number of fused-ring (bicyclic) bond motifs is 7. The maximum absolute atomic E-state index is 14.5. The van der Waals surface area contributed by atoms with Gasteiger partial charge >= 0.3 is 0 Å². The monoisotopic (exact) mass is 543 g/mol. The van der Waals surface area contributed by atoms with Gasteiger partial charge in [0.2, 0.25) is 5.91 Å². The fourth-order valence-electron chi connectivity index (χ4n) is 10.6. The first-order valence-corrected chi connectivity index (χ1v) is 15.8. The van der Waals surface area contributed by atoms with E-state index in [-0.39, 0.29) is 62.1 Å². The van der Waals surface area contributed by atoms with E-state index in [0.717, 1.165) is 51.4 Å². The van der Waals surface area contributed by atoms with Crippen LogP contribution in [-0.2, 0) is 14.4 Å². The first kappa shape index (κ1) is 28.4. The molecule has 1 amide bonds. The molecule has 0 saturated heterocycles. The molecule has 1 N–H and O–H groups in total. The summed E-state index contributed by atoms with van der Waals surface area (Å²) in [5.41, 5.74) is 0.471. The van der Waals surface area contributed by atoms with Crippen LogP contribution in [0.1, 0.15) is 119 Å². The second-order valence-corrected chi connectivity index (χ2v) is 16.2. The fraction of sp³-hybridized carbons (Fsp3) is 0.848. The van der Waals surface area contributed by atoms with Crippen molar-refractivity contribution in [3.63, 3.8) is 0 Å². The maximum Gasteiger partial charge on any atom is 0.220 e. The van der Waals surface area contributed by atoms with Crippen LogP contribution in [0.4, 0.5) is 0 Å². The number of amides is 1. The summed E-state index contributed by atoms with van der Waals surface area (Å²) >= 11 is 5.91. The Morgan fingerprint density at radius 2 is 1.66 bits per heavy atom. The number of Topliss-reactive ketones (excluding diaryl/α,β-unsaturated/α-hetero) is 1. The molecule has 0 aromatic carbocycles. The van der Waals surface area contributed by atoms with Crippen molar-refractivity contribution >= 4 is 29.1 Å². The van der Waals surface area contributed by atoms with E-state index in [9.17, 15) is 14.4 Å². The highest BCUT2D eigenvalue weighted by molar-refractivity contribution is 6.17. The van der Waals surface area contributed by atoms with Gasteiger partial charge in [-0.15, -0.1) is 11.6 Å². The number of halogens is 1. The number of hydrogen-bond donors (Lipinski definition) is 1. The SMILES string of the molecule is CC1(C)CC[C@]2(NC(=O)CCCCl)CC[C@]3(C)[C@H](C(=O)C=C4[C@@]5(C)CCC(=O)C(C)(C)[C@@H]5CC[C@]43C)[C@@H]2C1. The lowest BCUT2D eigenvalue weighted by Crippen LogP contribution is -2.69. The lowest BCUT2D eigenvalue weighted by Gasteiger charge is -2.69. The zero-order valence-corrected chi connectivity index (χ0v) is 25.7. The number of nitrogens with one attached hydrogen (secondary N) is 1. The van der Waals surface area contributed by atoms with Crippen LogP contribution in [-0.4, -0.2) is 28.9 Å². The Hall–Kier alpha value is -1.16. The predicted molar refractivity (Wildman–Crippen MR) is 153 cm³/mol. The Morgan fingerprint density at radius 3 is 2.34 bits per heavy atom. The Balaban J connectivity index is 1.58. The third-order valence-electron chi connectivity index (χ3n) is 13.1. The summed E-state index contributed by atoms with van der Waals surface area (Å²) in [6, 6.07) is 0. The van der Waals surface area contributed by atoms with Gasteiger partial charge in [0.1, 0.15) is 5.78 Å². The number of alkyl halides is 1. The van der Waals surface area contributed by atoms with E-state index in [1.807, 2.05) is 0 Å². The Bertz CT molecular complexity index is 1080. The van der Waals surface area contributed by atoms with E-state index < -0.39 is 0 Å². The molecule has 5 aliphatic rings. The van der Waals surface area contributed by atoms with Gasteiger partial charge in [0, 0.05) is 35.6 Å². The smallest absolute Gasteiger partial charge is 0.220 e. The standard InChI is InChI=1S/C33H50ClNO3/c1-28(2)14-16-33(35-26(38)9-8-18-34)17-15-32(7)27(21(33)20-28)22(36)19-24-30(5)12-11-25(37)29(3,4)23(30)10-13-31(24,32)6/h19,21,23,27H,8-18,20H2,1-7H3,(H,35,38)/t21-,23-,27-,30-,31+,32+,33-/m0/s1. The minimum absolute atomic E-state index is 0.0797. The lowest BCUT2D eigenvalue weighted by molar-refractivity contribution is -0.168. The number of carbonyl (C=O) groups is 3. The van der Waals surface area contributed by atoms with Crippen molar-refractivity contribution in [2.24, 2.45) is 44.8 Å². The molecule has 5 aliphatic carbocycles. The minimum atomic E-state index is -0.349. The topological polar surface area (TPSA) is 63.2 Å². The molecule has 4 nitrogen and oxygen atoms in total. The van der Waals surface area contributed by atoms with Crippen LogP contribution in [0.5, 0.6) is 0 Å². The molecule has 0 aromatic rings. The fourth-order valence-corrected chi connectivity index (χ4v) is 10.7. The van der Waals surface area contributed by atoms with Crippen molar-refractivity contribution in [3.05, 3.63) is 11.6 Å². The molecule has 5 heteroatoms. The largest absolute Gasteiger partial charge is 0.350 e. The molecule has 212 valence electrons. The highest BCUT2D eigenvalue weighted by Crippen LogP contribution is 2.73. The van der Waals surface area contributed by atoms with E-state index in [0.29, 0.717) is 30.9 Å². The summed E-state index contributed by atoms with van der Waals surface area (Å²) in [5, 5.41) is 3.52. The van der Waals surface area contributed by atoms with Gasteiger partial charge in [-0.05, 0) is 97.4 Å². The molecular weight excluding hydrogens is 494 g/mol. The molecule has 0 unspecified atom stereocenters. The maximum atomic E-state index is 14.5. The molecule has 4 saturated carbocycles. The van der Waals surface area contributed by atoms with Gasteiger partial charge in [-0.2, -0.15) is 0 Å². The zero-order valence-electron chi connectivity index (χ0n) is 24.9. The van der Waals surface area contributed by atoms with Gasteiger partial charge in [-0.3, -0.25) is 14.4 Å². The number of rotatable bonds is 4. The van der Waals surface area contributed by atoms with Crippen LogP contribution in [0.25, 0.3) is 0 Å². The summed E-state index contributed by atoms with van der Waals surface area (Å²) in [6.07, 6.45) is 11.6. The number of hydrogen-bond acceptors (Lipinski definition) is 3. The van der Waals surface area contributed by atoms with Crippen molar-refractivity contribution in [1.29, 1.82) is 0 Å². The van der Waals surface area contributed by atoms with Gasteiger partial charge in [0.25, 0.3) is 0 Å². The summed E-state index contributed by atoms with van der Waals surface area (Å²) < 4.78 is 0. The number of allylic oxidation sites excluding steroid dienone is 2. The Labute approximate surface area is 235 Å². The van der Waals surface area contributed by atoms with Crippen molar-refractivity contribution in [3.8, 4) is 0 Å². The molecule has 7 atom stereocenters. The van der Waals surface area contributed by atoms with Crippen LogP contribution in [0.15, 0.2) is 11.6 Å². The van der Waals surface area contributed by atoms with Gasteiger partial charge in [0.15, 0.2) is 5.78 Å². The quantitative estimate of drug-likeness (QED) is 0.375. The molecule has 38 heavy (non-hydrogen) atoms. The molecule has 0 aliphatic heterocycles. The zero-order chi connectivity index (χ0) is 27.9. The number of ketones is 2. The van der Waals surface area contributed by atoms with Crippen LogP contribution in [0.2, 0.25) is 0 Å². The van der Waals surface area contributed by atoms with Gasteiger partial charge in [-0.25, -0.2) is 0 Å². The van der Waals surface area contributed by atoms with E-state index in [1.165, 1.54) is 5.57 Å². The highest BCUT2D eigenvalue weighted by atomic mass is 35.5. The normalized spacial score (nSPS) is 45.2. The summed E-state index contributed by atoms with van der Waals surface area (Å²) in [5.74, 6) is 1.57. The van der Waals surface area contributed by atoms with Crippen molar-refractivity contribution < 1.29 is 14.4 Å². The molecular formula is C33H50ClNO3. The lowest BCUT2D eigenvalue weighted by atomic mass is 9.34. The molecule has 0 aromatic heterocycles. The van der Waals surface area contributed by atoms with Crippen molar-refractivity contribution in [1.82, 2.24) is 5.32 Å². The van der Waals surface area contributed by atoms with E-state index in [1.54, 1.807) is 0 Å². The molecule has 0 heterocycles. The van der Waals surface area contributed by atoms with Gasteiger partial charge < -0.3 is 5.32 Å². The highest BCUT2D eigenvalue weighted by Gasteiger charge is 2.70. The molecule has 0 radical (unpaired) electrons. The minimum Gasteiger partial charge on any atom is -0.350 e. The van der Waals surface area contributed by atoms with Crippen LogP contribution in [0.3, 0.4) is 0 Å². The third-order valence-corrected chi connectivity index (χ3v) is 13.3. The van der Waals surface area contributed by atoms with Crippen LogP contribution >= 0.6 is 11.6 Å². The van der Waals surface area contributed by atoms with E-state index in [2.05, 4.69) is 59.9 Å².